The van der Waals surface area contributed by atoms with E-state index in [-0.39, 0.29) is 0 Å². The minimum absolute atomic E-state index is 0.593. The molecule has 0 fully saturated rings. The third-order valence-corrected chi connectivity index (χ3v) is 3.68. The van der Waals surface area contributed by atoms with E-state index in [1.807, 2.05) is 49.4 Å². The van der Waals surface area contributed by atoms with E-state index in [2.05, 4.69) is 17.1 Å². The highest BCUT2D eigenvalue weighted by atomic mass is 16.3. The van der Waals surface area contributed by atoms with Gasteiger partial charge in [-0.1, -0.05) is 61.5 Å². The highest BCUT2D eigenvalue weighted by Gasteiger charge is 2.31. The van der Waals surface area contributed by atoms with Gasteiger partial charge >= 0.3 is 0 Å². The first-order chi connectivity index (χ1) is 9.22. The van der Waals surface area contributed by atoms with Crippen molar-refractivity contribution in [1.29, 1.82) is 0 Å². The summed E-state index contributed by atoms with van der Waals surface area (Å²) in [4.78, 5) is 4.62. The van der Waals surface area contributed by atoms with E-state index in [1.54, 1.807) is 0 Å². The van der Waals surface area contributed by atoms with Crippen molar-refractivity contribution in [2.45, 2.75) is 25.5 Å². The second-order valence-electron chi connectivity index (χ2n) is 5.00. The number of fused-ring (bicyclic) bond motifs is 1. The number of hydrogen-bond acceptors (Lipinski definition) is 2. The third-order valence-electron chi connectivity index (χ3n) is 3.68. The Morgan fingerprint density at radius 3 is 2.47 bits per heavy atom. The molecule has 1 atom stereocenters. The molecule has 0 aromatic heterocycles. The summed E-state index contributed by atoms with van der Waals surface area (Å²) >= 11 is 0. The predicted molar refractivity (Wildman–Crippen MR) is 77.5 cm³/mol. The molecule has 96 valence electrons. The molecule has 1 N–H and O–H groups in total. The largest absolute Gasteiger partial charge is 0.369 e. The molecule has 2 heteroatoms. The van der Waals surface area contributed by atoms with Gasteiger partial charge in [-0.3, -0.25) is 0 Å². The van der Waals surface area contributed by atoms with Crippen LogP contribution >= 0.6 is 0 Å². The standard InChI is InChI=1S/C17H17NO/c1-2-17(19)12-14-10-6-7-11-15(14)16(18-17)13-8-4-3-5-9-13/h3-11,19H,2,12H2,1H3. The molecule has 2 nitrogen and oxygen atoms in total. The fraction of sp³-hybridized carbons (Fsp3) is 0.235. The molecule has 1 heterocycles. The Balaban J connectivity index is 2.19. The molecule has 1 aliphatic rings. The van der Waals surface area contributed by atoms with Gasteiger partial charge in [0.25, 0.3) is 0 Å². The molecule has 2 aromatic rings. The van der Waals surface area contributed by atoms with Crippen LogP contribution in [0, 0.1) is 0 Å². The molecule has 0 aliphatic carbocycles. The Hall–Kier alpha value is -1.93. The highest BCUT2D eigenvalue weighted by Crippen LogP contribution is 2.29. The molecule has 2 aromatic carbocycles. The summed E-state index contributed by atoms with van der Waals surface area (Å²) in [6.45, 7) is 1.97. The number of hydrogen-bond donors (Lipinski definition) is 1. The fourth-order valence-corrected chi connectivity index (χ4v) is 2.54. The number of rotatable bonds is 2. The van der Waals surface area contributed by atoms with Crippen LogP contribution in [-0.2, 0) is 6.42 Å². The summed E-state index contributed by atoms with van der Waals surface area (Å²) < 4.78 is 0. The Morgan fingerprint density at radius 1 is 1.05 bits per heavy atom. The summed E-state index contributed by atoms with van der Waals surface area (Å²) in [6, 6.07) is 18.3. The number of aliphatic imine (C=N–C) groups is 1. The molecule has 19 heavy (non-hydrogen) atoms. The maximum Gasteiger partial charge on any atom is 0.160 e. The minimum Gasteiger partial charge on any atom is -0.369 e. The van der Waals surface area contributed by atoms with E-state index < -0.39 is 5.72 Å². The number of aliphatic hydroxyl groups is 1. The van der Waals surface area contributed by atoms with E-state index in [0.29, 0.717) is 12.8 Å². The van der Waals surface area contributed by atoms with Gasteiger partial charge in [-0.2, -0.15) is 0 Å². The molecular weight excluding hydrogens is 234 g/mol. The first-order valence-corrected chi connectivity index (χ1v) is 6.68. The molecular formula is C17H17NO. The van der Waals surface area contributed by atoms with Crippen LogP contribution in [0.25, 0.3) is 0 Å². The third kappa shape index (κ3) is 2.20. The van der Waals surface area contributed by atoms with Gasteiger partial charge in [-0.15, -0.1) is 0 Å². The predicted octanol–water partition coefficient (Wildman–Crippen LogP) is 3.18. The topological polar surface area (TPSA) is 32.6 Å². The van der Waals surface area contributed by atoms with Crippen LogP contribution in [0.2, 0.25) is 0 Å². The smallest absolute Gasteiger partial charge is 0.160 e. The molecule has 0 bridgehead atoms. The van der Waals surface area contributed by atoms with Crippen LogP contribution < -0.4 is 0 Å². The first kappa shape index (κ1) is 12.1. The summed E-state index contributed by atoms with van der Waals surface area (Å²) in [5.41, 5.74) is 3.28. The average Bonchev–Trinajstić information content (AvgIpc) is 2.47. The van der Waals surface area contributed by atoms with Crippen molar-refractivity contribution >= 4 is 5.71 Å². The minimum atomic E-state index is -0.973. The van der Waals surface area contributed by atoms with E-state index >= 15 is 0 Å². The zero-order valence-corrected chi connectivity index (χ0v) is 11.0. The summed E-state index contributed by atoms with van der Waals surface area (Å²) in [7, 11) is 0. The summed E-state index contributed by atoms with van der Waals surface area (Å²) in [6.07, 6.45) is 1.22. The van der Waals surface area contributed by atoms with Gasteiger partial charge in [-0.05, 0) is 12.0 Å². The normalized spacial score (nSPS) is 21.7. The van der Waals surface area contributed by atoms with Crippen molar-refractivity contribution in [3.8, 4) is 0 Å². The van der Waals surface area contributed by atoms with Gasteiger partial charge in [0.1, 0.15) is 0 Å². The van der Waals surface area contributed by atoms with Crippen LogP contribution in [0.15, 0.2) is 59.6 Å². The van der Waals surface area contributed by atoms with Crippen LogP contribution in [-0.4, -0.2) is 16.5 Å². The summed E-state index contributed by atoms with van der Waals surface area (Å²) in [5, 5.41) is 10.6. The lowest BCUT2D eigenvalue weighted by Gasteiger charge is -2.30. The van der Waals surface area contributed by atoms with E-state index in [4.69, 9.17) is 0 Å². The average molecular weight is 251 g/mol. The van der Waals surface area contributed by atoms with Gasteiger partial charge in [0, 0.05) is 17.5 Å². The summed E-state index contributed by atoms with van der Waals surface area (Å²) in [5.74, 6) is 0. The molecule has 0 saturated heterocycles. The van der Waals surface area contributed by atoms with Crippen LogP contribution in [0.4, 0.5) is 0 Å². The maximum atomic E-state index is 10.6. The molecule has 0 radical (unpaired) electrons. The van der Waals surface area contributed by atoms with Crippen molar-refractivity contribution in [2.24, 2.45) is 4.99 Å². The molecule has 0 saturated carbocycles. The molecule has 0 amide bonds. The van der Waals surface area contributed by atoms with Crippen LogP contribution in [0.1, 0.15) is 30.0 Å². The van der Waals surface area contributed by atoms with Crippen molar-refractivity contribution in [3.63, 3.8) is 0 Å². The Labute approximate surface area is 113 Å². The Kier molecular flexibility index (Phi) is 2.96. The zero-order chi connectivity index (χ0) is 13.3. The lowest BCUT2D eigenvalue weighted by molar-refractivity contribution is 0.0446. The number of benzene rings is 2. The SMILES string of the molecule is CCC1(O)Cc2ccccc2C(c2ccccc2)=N1. The molecule has 0 spiro atoms. The highest BCUT2D eigenvalue weighted by molar-refractivity contribution is 6.14. The second-order valence-corrected chi connectivity index (χ2v) is 5.00. The van der Waals surface area contributed by atoms with Gasteiger partial charge in [-0.25, -0.2) is 4.99 Å². The zero-order valence-electron chi connectivity index (χ0n) is 11.0. The molecule has 1 unspecified atom stereocenters. The Bertz CT molecular complexity index is 618. The van der Waals surface area contributed by atoms with E-state index in [1.165, 1.54) is 5.56 Å². The van der Waals surface area contributed by atoms with Gasteiger partial charge in [0.15, 0.2) is 5.72 Å². The van der Waals surface area contributed by atoms with Gasteiger partial charge in [0.2, 0.25) is 0 Å². The maximum absolute atomic E-state index is 10.6. The van der Waals surface area contributed by atoms with Crippen molar-refractivity contribution in [3.05, 3.63) is 71.3 Å². The monoisotopic (exact) mass is 251 g/mol. The van der Waals surface area contributed by atoms with Crippen LogP contribution in [0.5, 0.6) is 0 Å². The fourth-order valence-electron chi connectivity index (χ4n) is 2.54. The molecule has 1 aliphatic heterocycles. The second kappa shape index (κ2) is 4.63. The van der Waals surface area contributed by atoms with Crippen molar-refractivity contribution in [2.75, 3.05) is 0 Å². The number of nitrogens with zero attached hydrogens (tertiary/aromatic N) is 1. The van der Waals surface area contributed by atoms with Crippen LogP contribution in [0.3, 0.4) is 0 Å². The van der Waals surface area contributed by atoms with Crippen molar-refractivity contribution < 1.29 is 5.11 Å². The van der Waals surface area contributed by atoms with E-state index in [9.17, 15) is 5.11 Å². The quantitative estimate of drug-likeness (QED) is 0.873. The molecule has 3 rings (SSSR count). The lowest BCUT2D eigenvalue weighted by Crippen LogP contribution is -2.34. The van der Waals surface area contributed by atoms with E-state index in [0.717, 1.165) is 16.8 Å². The first-order valence-electron chi connectivity index (χ1n) is 6.68. The Morgan fingerprint density at radius 2 is 1.74 bits per heavy atom. The van der Waals surface area contributed by atoms with Gasteiger partial charge in [0.05, 0.1) is 5.71 Å². The van der Waals surface area contributed by atoms with Crippen molar-refractivity contribution in [1.82, 2.24) is 0 Å². The lowest BCUT2D eigenvalue weighted by atomic mass is 9.88. The van der Waals surface area contributed by atoms with Gasteiger partial charge < -0.3 is 5.11 Å².